The number of piperidine rings is 1. The highest BCUT2D eigenvalue weighted by Crippen LogP contribution is 2.29. The third-order valence-electron chi connectivity index (χ3n) is 4.34. The van der Waals surface area contributed by atoms with Gasteiger partial charge in [-0.3, -0.25) is 0 Å². The molecule has 2 fully saturated rings. The molecule has 0 aromatic heterocycles. The van der Waals surface area contributed by atoms with E-state index in [9.17, 15) is 4.79 Å². The van der Waals surface area contributed by atoms with Crippen molar-refractivity contribution in [1.29, 1.82) is 0 Å². The first-order valence-electron chi connectivity index (χ1n) is 7.12. The van der Waals surface area contributed by atoms with Crippen molar-refractivity contribution in [3.05, 3.63) is 0 Å². The number of hydrogen-bond acceptors (Lipinski definition) is 1. The summed E-state index contributed by atoms with van der Waals surface area (Å²) in [7, 11) is 0. The Morgan fingerprint density at radius 3 is 2.29 bits per heavy atom. The number of hydrogen-bond donors (Lipinski definition) is 1. The molecule has 2 amide bonds. The van der Waals surface area contributed by atoms with Crippen LogP contribution in [0.15, 0.2) is 0 Å². The first-order valence-corrected chi connectivity index (χ1v) is 7.12. The number of likely N-dealkylation sites (tertiary alicyclic amines) is 1. The van der Waals surface area contributed by atoms with Gasteiger partial charge in [0, 0.05) is 19.1 Å². The molecule has 98 valence electrons. The van der Waals surface area contributed by atoms with Gasteiger partial charge in [0.05, 0.1) is 0 Å². The Morgan fingerprint density at radius 2 is 1.71 bits per heavy atom. The van der Waals surface area contributed by atoms with Crippen LogP contribution in [0, 0.1) is 5.41 Å². The number of nitrogens with one attached hydrogen (secondary N) is 1. The van der Waals surface area contributed by atoms with E-state index in [1.807, 2.05) is 4.90 Å². The zero-order chi connectivity index (χ0) is 12.3. The standard InChI is InChI=1S/C14H26N2O/c1-14(2)8-10-16(11-9-14)13(17)15-12-6-4-3-5-7-12/h12H,3-11H2,1-2H3,(H,15,17). The van der Waals surface area contributed by atoms with Crippen molar-refractivity contribution in [3.63, 3.8) is 0 Å². The van der Waals surface area contributed by atoms with Gasteiger partial charge in [-0.15, -0.1) is 0 Å². The van der Waals surface area contributed by atoms with Gasteiger partial charge in [0.25, 0.3) is 0 Å². The van der Waals surface area contributed by atoms with Crippen molar-refractivity contribution in [2.75, 3.05) is 13.1 Å². The van der Waals surface area contributed by atoms with E-state index in [0.717, 1.165) is 25.9 Å². The van der Waals surface area contributed by atoms with E-state index in [2.05, 4.69) is 19.2 Å². The van der Waals surface area contributed by atoms with Gasteiger partial charge >= 0.3 is 6.03 Å². The minimum atomic E-state index is 0.174. The van der Waals surface area contributed by atoms with Crippen LogP contribution in [-0.2, 0) is 0 Å². The van der Waals surface area contributed by atoms with E-state index in [0.29, 0.717) is 11.5 Å². The second kappa shape index (κ2) is 5.28. The van der Waals surface area contributed by atoms with Crippen molar-refractivity contribution < 1.29 is 4.79 Å². The minimum Gasteiger partial charge on any atom is -0.335 e. The zero-order valence-electron chi connectivity index (χ0n) is 11.3. The Morgan fingerprint density at radius 1 is 1.12 bits per heavy atom. The van der Waals surface area contributed by atoms with Gasteiger partial charge in [-0.1, -0.05) is 33.1 Å². The molecule has 0 radical (unpaired) electrons. The molecule has 17 heavy (non-hydrogen) atoms. The van der Waals surface area contributed by atoms with E-state index in [1.54, 1.807) is 0 Å². The maximum absolute atomic E-state index is 12.1. The molecule has 3 heteroatoms. The van der Waals surface area contributed by atoms with Crippen LogP contribution >= 0.6 is 0 Å². The lowest BCUT2D eigenvalue weighted by Gasteiger charge is -2.37. The molecule has 1 aliphatic carbocycles. The molecule has 3 nitrogen and oxygen atoms in total. The van der Waals surface area contributed by atoms with Gasteiger partial charge < -0.3 is 10.2 Å². The Hall–Kier alpha value is -0.730. The van der Waals surface area contributed by atoms with Crippen molar-refractivity contribution in [2.45, 2.75) is 64.8 Å². The van der Waals surface area contributed by atoms with Crippen molar-refractivity contribution in [3.8, 4) is 0 Å². The molecule has 0 aromatic carbocycles. The molecule has 0 aromatic rings. The highest BCUT2D eigenvalue weighted by atomic mass is 16.2. The van der Waals surface area contributed by atoms with Gasteiger partial charge in [-0.2, -0.15) is 0 Å². The lowest BCUT2D eigenvalue weighted by molar-refractivity contribution is 0.136. The normalized spacial score (nSPS) is 25.6. The van der Waals surface area contributed by atoms with Crippen LogP contribution in [-0.4, -0.2) is 30.1 Å². The molecule has 2 rings (SSSR count). The zero-order valence-corrected chi connectivity index (χ0v) is 11.3. The predicted octanol–water partition coefficient (Wildman–Crippen LogP) is 3.15. The summed E-state index contributed by atoms with van der Waals surface area (Å²) in [5.74, 6) is 0. The maximum atomic E-state index is 12.1. The molecule has 1 N–H and O–H groups in total. The van der Waals surface area contributed by atoms with E-state index in [-0.39, 0.29) is 6.03 Å². The summed E-state index contributed by atoms with van der Waals surface area (Å²) in [4.78, 5) is 14.1. The first-order chi connectivity index (χ1) is 8.07. The lowest BCUT2D eigenvalue weighted by atomic mass is 9.83. The summed E-state index contributed by atoms with van der Waals surface area (Å²) in [6.45, 7) is 6.43. The Labute approximate surface area is 105 Å². The summed E-state index contributed by atoms with van der Waals surface area (Å²) >= 11 is 0. The third kappa shape index (κ3) is 3.62. The number of amides is 2. The Bertz CT molecular complexity index is 259. The molecule has 2 aliphatic rings. The highest BCUT2D eigenvalue weighted by molar-refractivity contribution is 5.74. The van der Waals surface area contributed by atoms with E-state index >= 15 is 0 Å². The molecular weight excluding hydrogens is 212 g/mol. The molecule has 1 heterocycles. The van der Waals surface area contributed by atoms with Crippen LogP contribution < -0.4 is 5.32 Å². The summed E-state index contributed by atoms with van der Waals surface area (Å²) < 4.78 is 0. The van der Waals surface area contributed by atoms with Gasteiger partial charge in [-0.25, -0.2) is 4.79 Å². The smallest absolute Gasteiger partial charge is 0.317 e. The van der Waals surface area contributed by atoms with Crippen LogP contribution in [0.1, 0.15) is 58.8 Å². The van der Waals surface area contributed by atoms with Crippen LogP contribution in [0.3, 0.4) is 0 Å². The largest absolute Gasteiger partial charge is 0.335 e. The fourth-order valence-corrected chi connectivity index (χ4v) is 2.83. The Kier molecular flexibility index (Phi) is 3.95. The average molecular weight is 238 g/mol. The maximum Gasteiger partial charge on any atom is 0.317 e. The summed E-state index contributed by atoms with van der Waals surface area (Å²) in [5, 5.41) is 3.20. The summed E-state index contributed by atoms with van der Waals surface area (Å²) in [6, 6.07) is 0.610. The van der Waals surface area contributed by atoms with Gasteiger partial charge in [0.2, 0.25) is 0 Å². The van der Waals surface area contributed by atoms with Crippen LogP contribution in [0.25, 0.3) is 0 Å². The van der Waals surface area contributed by atoms with Gasteiger partial charge in [-0.05, 0) is 31.1 Å². The SMILES string of the molecule is CC1(C)CCN(C(=O)NC2CCCCC2)CC1. The van der Waals surface area contributed by atoms with Crippen molar-refractivity contribution >= 4 is 6.03 Å². The van der Waals surface area contributed by atoms with E-state index in [1.165, 1.54) is 32.1 Å². The molecule has 0 spiro atoms. The second-order valence-electron chi connectivity index (χ2n) is 6.44. The number of carbonyl (C=O) groups is 1. The van der Waals surface area contributed by atoms with Crippen molar-refractivity contribution in [1.82, 2.24) is 10.2 Å². The fourth-order valence-electron chi connectivity index (χ4n) is 2.83. The van der Waals surface area contributed by atoms with Crippen molar-refractivity contribution in [2.24, 2.45) is 5.41 Å². The summed E-state index contributed by atoms with van der Waals surface area (Å²) in [6.07, 6.45) is 8.49. The topological polar surface area (TPSA) is 32.3 Å². The molecular formula is C14H26N2O. The van der Waals surface area contributed by atoms with Gasteiger partial charge in [0.1, 0.15) is 0 Å². The number of nitrogens with zero attached hydrogens (tertiary/aromatic N) is 1. The molecule has 1 aliphatic heterocycles. The minimum absolute atomic E-state index is 0.174. The van der Waals surface area contributed by atoms with Gasteiger partial charge in [0.15, 0.2) is 0 Å². The lowest BCUT2D eigenvalue weighted by Crippen LogP contribution is -2.49. The molecule has 1 saturated heterocycles. The summed E-state index contributed by atoms with van der Waals surface area (Å²) in [5.41, 5.74) is 0.418. The predicted molar refractivity (Wildman–Crippen MR) is 70.0 cm³/mol. The molecule has 1 saturated carbocycles. The quantitative estimate of drug-likeness (QED) is 0.748. The molecule has 0 bridgehead atoms. The van der Waals surface area contributed by atoms with Crippen LogP contribution in [0.5, 0.6) is 0 Å². The third-order valence-corrected chi connectivity index (χ3v) is 4.34. The number of urea groups is 1. The van der Waals surface area contributed by atoms with E-state index < -0.39 is 0 Å². The number of rotatable bonds is 1. The average Bonchev–Trinajstić information content (AvgIpc) is 2.30. The molecule has 0 unspecified atom stereocenters. The molecule has 0 atom stereocenters. The monoisotopic (exact) mass is 238 g/mol. The van der Waals surface area contributed by atoms with Crippen LogP contribution in [0.2, 0.25) is 0 Å². The second-order valence-corrected chi connectivity index (χ2v) is 6.44. The highest BCUT2D eigenvalue weighted by Gasteiger charge is 2.28. The fraction of sp³-hybridized carbons (Fsp3) is 0.929. The van der Waals surface area contributed by atoms with Crippen LogP contribution in [0.4, 0.5) is 4.79 Å². The first kappa shape index (κ1) is 12.7. The Balaban J connectivity index is 1.76. The van der Waals surface area contributed by atoms with E-state index in [4.69, 9.17) is 0 Å². The number of carbonyl (C=O) groups excluding carboxylic acids is 1.